The van der Waals surface area contributed by atoms with Crippen molar-refractivity contribution in [2.24, 2.45) is 5.14 Å². The van der Waals surface area contributed by atoms with Gasteiger partial charge in [0.1, 0.15) is 5.69 Å². The zero-order valence-electron chi connectivity index (χ0n) is 32.3. The Balaban J connectivity index is 1.23. The van der Waals surface area contributed by atoms with E-state index in [1.54, 1.807) is 23.9 Å². The van der Waals surface area contributed by atoms with Crippen molar-refractivity contribution in [1.29, 1.82) is 0 Å². The molecule has 1 heterocycles. The molecular formula is C43H47ClN6O5S2. The topological polar surface area (TPSA) is 133 Å². The summed E-state index contributed by atoms with van der Waals surface area (Å²) in [4.78, 5) is 35.3. The Morgan fingerprint density at radius 3 is 2.23 bits per heavy atom. The van der Waals surface area contributed by atoms with Crippen molar-refractivity contribution in [3.05, 3.63) is 147 Å². The number of aryl methyl sites for hydroxylation is 1. The quantitative estimate of drug-likeness (QED) is 0.0635. The molecule has 2 N–H and O–H groups in total. The van der Waals surface area contributed by atoms with E-state index in [4.69, 9.17) is 16.7 Å². The molecule has 6 rings (SSSR count). The highest BCUT2D eigenvalue weighted by atomic mass is 35.5. The van der Waals surface area contributed by atoms with E-state index in [9.17, 15) is 23.3 Å². The van der Waals surface area contributed by atoms with Crippen LogP contribution in [-0.2, 0) is 16.6 Å². The number of nitrogens with two attached hydrogens (primary N) is 1. The van der Waals surface area contributed by atoms with Gasteiger partial charge in [0.15, 0.2) is 0 Å². The van der Waals surface area contributed by atoms with Crippen LogP contribution >= 0.6 is 23.4 Å². The van der Waals surface area contributed by atoms with Crippen LogP contribution in [0.1, 0.15) is 27.9 Å². The molecular weight excluding hydrogens is 780 g/mol. The number of hydrogen-bond donors (Lipinski definition) is 1. The zero-order chi connectivity index (χ0) is 40.7. The molecule has 0 aromatic heterocycles. The van der Waals surface area contributed by atoms with E-state index in [2.05, 4.69) is 47.1 Å². The smallest absolute Gasteiger partial charge is 0.294 e. The Labute approximate surface area is 344 Å². The van der Waals surface area contributed by atoms with Gasteiger partial charge in [-0.15, -0.1) is 11.8 Å². The number of benzene rings is 5. The lowest BCUT2D eigenvalue weighted by Crippen LogP contribution is -2.46. The number of nitro benzene ring substituents is 1. The minimum atomic E-state index is -4.24. The van der Waals surface area contributed by atoms with E-state index < -0.39 is 37.5 Å². The van der Waals surface area contributed by atoms with E-state index in [-0.39, 0.29) is 5.69 Å². The molecule has 0 saturated carbocycles. The third kappa shape index (κ3) is 10.6. The van der Waals surface area contributed by atoms with Crippen molar-refractivity contribution in [1.82, 2.24) is 9.80 Å². The van der Waals surface area contributed by atoms with Gasteiger partial charge in [-0.25, -0.2) is 13.6 Å². The first-order valence-corrected chi connectivity index (χ1v) is 21.6. The molecule has 14 heteroatoms. The Morgan fingerprint density at radius 2 is 1.58 bits per heavy atom. The minimum Gasteiger partial charge on any atom is -0.369 e. The van der Waals surface area contributed by atoms with Crippen LogP contribution in [0.4, 0.5) is 17.1 Å². The van der Waals surface area contributed by atoms with Gasteiger partial charge in [0.2, 0.25) is 10.0 Å². The van der Waals surface area contributed by atoms with Gasteiger partial charge in [-0.3, -0.25) is 24.7 Å². The van der Waals surface area contributed by atoms with E-state index in [0.29, 0.717) is 24.3 Å². The summed E-state index contributed by atoms with van der Waals surface area (Å²) in [6, 6.07) is 34.6. The third-order valence-electron chi connectivity index (χ3n) is 10.2. The number of rotatable bonds is 15. The monoisotopic (exact) mass is 826 g/mol. The molecule has 0 unspecified atom stereocenters. The molecule has 1 saturated heterocycles. The number of carbonyl (C=O) groups is 1. The second-order valence-electron chi connectivity index (χ2n) is 14.4. The average Bonchev–Trinajstić information content (AvgIpc) is 3.19. The lowest BCUT2D eigenvalue weighted by atomic mass is 9.95. The SMILES string of the molecule is Cc1cc(Cl)ccc1-c1ccccc1CN1CCN(c2ccc(C(=O)N(c3ccc(S(N)(=O)=O)cc3[N+](=O)[O-])[C@H](CCN(C)C)CSc3ccccc3)cc2)CC1. The van der Waals surface area contributed by atoms with Crippen molar-refractivity contribution in [3.63, 3.8) is 0 Å². The number of sulfonamides is 1. The largest absolute Gasteiger partial charge is 0.369 e. The minimum absolute atomic E-state index is 0.00260. The van der Waals surface area contributed by atoms with E-state index >= 15 is 0 Å². The van der Waals surface area contributed by atoms with Crippen LogP contribution in [-0.4, -0.2) is 87.7 Å². The first kappa shape index (κ1) is 41.9. The number of amides is 1. The molecule has 5 aromatic carbocycles. The summed E-state index contributed by atoms with van der Waals surface area (Å²) in [6.07, 6.45) is 0.499. The van der Waals surface area contributed by atoms with Crippen molar-refractivity contribution >= 4 is 56.4 Å². The van der Waals surface area contributed by atoms with Crippen LogP contribution < -0.4 is 14.9 Å². The number of primary sulfonamides is 1. The highest BCUT2D eigenvalue weighted by Crippen LogP contribution is 2.36. The summed E-state index contributed by atoms with van der Waals surface area (Å²) < 4.78 is 24.4. The number of carbonyl (C=O) groups excluding carboxylic acids is 1. The van der Waals surface area contributed by atoms with Crippen molar-refractivity contribution in [3.8, 4) is 11.1 Å². The summed E-state index contributed by atoms with van der Waals surface area (Å²) in [5.74, 6) is 0.00827. The Morgan fingerprint density at radius 1 is 0.895 bits per heavy atom. The molecule has 57 heavy (non-hydrogen) atoms. The molecule has 5 aromatic rings. The van der Waals surface area contributed by atoms with E-state index in [0.717, 1.165) is 60.0 Å². The molecule has 1 fully saturated rings. The highest BCUT2D eigenvalue weighted by molar-refractivity contribution is 7.99. The first-order valence-electron chi connectivity index (χ1n) is 18.7. The Hall–Kier alpha value is -4.76. The first-order chi connectivity index (χ1) is 27.3. The average molecular weight is 827 g/mol. The van der Waals surface area contributed by atoms with Gasteiger partial charge < -0.3 is 9.80 Å². The summed E-state index contributed by atoms with van der Waals surface area (Å²) in [6.45, 7) is 6.81. The van der Waals surface area contributed by atoms with Gasteiger partial charge in [-0.1, -0.05) is 60.1 Å². The van der Waals surface area contributed by atoms with Crippen LogP contribution in [0.15, 0.2) is 125 Å². The predicted octanol–water partition coefficient (Wildman–Crippen LogP) is 7.95. The Kier molecular flexibility index (Phi) is 13.7. The lowest BCUT2D eigenvalue weighted by Gasteiger charge is -2.36. The molecule has 1 aliphatic heterocycles. The summed E-state index contributed by atoms with van der Waals surface area (Å²) in [7, 11) is -0.389. The number of hydrogen-bond acceptors (Lipinski definition) is 9. The number of piperazine rings is 1. The van der Waals surface area contributed by atoms with Crippen molar-refractivity contribution < 1.29 is 18.1 Å². The fourth-order valence-electron chi connectivity index (χ4n) is 7.11. The van der Waals surface area contributed by atoms with Gasteiger partial charge >= 0.3 is 0 Å². The number of halogens is 1. The van der Waals surface area contributed by atoms with Crippen molar-refractivity contribution in [2.45, 2.75) is 35.7 Å². The molecule has 0 bridgehead atoms. The maximum atomic E-state index is 14.7. The summed E-state index contributed by atoms with van der Waals surface area (Å²) >= 11 is 7.79. The third-order valence-corrected chi connectivity index (χ3v) is 12.5. The second-order valence-corrected chi connectivity index (χ2v) is 17.5. The molecule has 0 spiro atoms. The Bertz CT molecular complexity index is 2300. The summed E-state index contributed by atoms with van der Waals surface area (Å²) in [5, 5.41) is 18.6. The van der Waals surface area contributed by atoms with Gasteiger partial charge in [0, 0.05) is 71.8 Å². The zero-order valence-corrected chi connectivity index (χ0v) is 34.6. The maximum absolute atomic E-state index is 14.7. The molecule has 1 amide bonds. The van der Waals surface area contributed by atoms with Crippen molar-refractivity contribution in [2.75, 3.05) is 62.4 Å². The summed E-state index contributed by atoms with van der Waals surface area (Å²) in [5.41, 5.74) is 5.59. The van der Waals surface area contributed by atoms with Gasteiger partial charge in [0.05, 0.1) is 9.82 Å². The standard InChI is InChI=1S/C43H47ClN6O5S2/c1-31-27-34(44)15-19-39(31)40-12-8-7-9-33(40)29-47-23-25-48(26-24-47)35-16-13-32(14-17-35)43(51)49(41-20-18-38(57(45,54)55)28-42(41)50(52)53)36(21-22-46(2)3)30-56-37-10-5-4-6-11-37/h4-20,27-28,36H,21-26,29-30H2,1-3H3,(H2,45,54,55)/t36-/m1/s1. The van der Waals surface area contributed by atoms with Crippen LogP contribution in [0.25, 0.3) is 11.1 Å². The number of nitrogens with zero attached hydrogens (tertiary/aromatic N) is 5. The molecule has 0 aliphatic carbocycles. The van der Waals surface area contributed by atoms with Crippen LogP contribution in [0.3, 0.4) is 0 Å². The number of thioether (sulfide) groups is 1. The lowest BCUT2D eigenvalue weighted by molar-refractivity contribution is -0.384. The maximum Gasteiger partial charge on any atom is 0.294 e. The van der Waals surface area contributed by atoms with Gasteiger partial charge in [-0.2, -0.15) is 0 Å². The molecule has 298 valence electrons. The predicted molar refractivity (Wildman–Crippen MR) is 231 cm³/mol. The molecule has 1 aliphatic rings. The van der Waals surface area contributed by atoms with Crippen LogP contribution in [0.5, 0.6) is 0 Å². The van der Waals surface area contributed by atoms with E-state index in [1.807, 2.05) is 73.6 Å². The number of anilines is 2. The molecule has 11 nitrogen and oxygen atoms in total. The molecule has 0 radical (unpaired) electrons. The van der Waals surface area contributed by atoms with Crippen LogP contribution in [0.2, 0.25) is 5.02 Å². The van der Waals surface area contributed by atoms with E-state index in [1.165, 1.54) is 33.7 Å². The normalized spacial score (nSPS) is 14.1. The van der Waals surface area contributed by atoms with Gasteiger partial charge in [-0.05, 0) is 117 Å². The molecule has 1 atom stereocenters. The number of nitro groups is 1. The van der Waals surface area contributed by atoms with Crippen LogP contribution in [0, 0.1) is 17.0 Å². The fraction of sp³-hybridized carbons (Fsp3) is 0.279. The highest BCUT2D eigenvalue weighted by Gasteiger charge is 2.33. The fourth-order valence-corrected chi connectivity index (χ4v) is 8.93. The second kappa shape index (κ2) is 18.7. The van der Waals surface area contributed by atoms with Gasteiger partial charge in [0.25, 0.3) is 11.6 Å².